The first kappa shape index (κ1) is 19.7. The van der Waals surface area contributed by atoms with E-state index in [-0.39, 0.29) is 30.0 Å². The largest absolute Gasteiger partial charge is 0.462 e. The van der Waals surface area contributed by atoms with Crippen molar-refractivity contribution in [2.75, 3.05) is 6.61 Å². The van der Waals surface area contributed by atoms with E-state index in [1.54, 1.807) is 13.0 Å². The molecule has 0 aliphatic carbocycles. The molecule has 0 saturated heterocycles. The molecule has 0 unspecified atom stereocenters. The van der Waals surface area contributed by atoms with Crippen LogP contribution in [0.15, 0.2) is 59.1 Å². The van der Waals surface area contributed by atoms with Gasteiger partial charge in [-0.2, -0.15) is 0 Å². The molecule has 9 nitrogen and oxygen atoms in total. The monoisotopic (exact) mass is 395 g/mol. The number of nitrogens with one attached hydrogen (secondary N) is 1. The summed E-state index contributed by atoms with van der Waals surface area (Å²) in [6, 6.07) is 14.4. The molecule has 29 heavy (non-hydrogen) atoms. The number of nitro benzene ring substituents is 1. The Balaban J connectivity index is 1.74. The molecule has 1 N–H and O–H groups in total. The summed E-state index contributed by atoms with van der Waals surface area (Å²) in [7, 11) is 0. The van der Waals surface area contributed by atoms with Crippen LogP contribution >= 0.6 is 0 Å². The van der Waals surface area contributed by atoms with E-state index in [1.165, 1.54) is 6.07 Å². The summed E-state index contributed by atoms with van der Waals surface area (Å²) in [6.45, 7) is 1.77. The molecule has 148 valence electrons. The fourth-order valence-corrected chi connectivity index (χ4v) is 2.59. The smallest absolute Gasteiger partial charge is 0.338 e. The quantitative estimate of drug-likeness (QED) is 0.369. The van der Waals surface area contributed by atoms with Gasteiger partial charge < -0.3 is 14.6 Å². The minimum absolute atomic E-state index is 0.0333. The number of nitrogens with zero attached hydrogens (tertiary/aromatic N) is 2. The molecule has 9 heteroatoms. The number of esters is 1. The number of carbonyl (C=O) groups excluding carboxylic acids is 2. The first-order chi connectivity index (χ1) is 14.0. The maximum atomic E-state index is 12.5. The zero-order chi connectivity index (χ0) is 20.8. The van der Waals surface area contributed by atoms with Crippen LogP contribution in [0.2, 0.25) is 0 Å². The average Bonchev–Trinajstić information content (AvgIpc) is 3.21. The molecule has 0 fully saturated rings. The number of benzene rings is 2. The normalized spacial score (nSPS) is 10.4. The summed E-state index contributed by atoms with van der Waals surface area (Å²) in [5.74, 6) is -0.785. The minimum Gasteiger partial charge on any atom is -0.462 e. The summed E-state index contributed by atoms with van der Waals surface area (Å²) >= 11 is 0. The van der Waals surface area contributed by atoms with Crippen molar-refractivity contribution in [3.63, 3.8) is 0 Å². The van der Waals surface area contributed by atoms with Gasteiger partial charge in [0.05, 0.1) is 23.6 Å². The Hall–Kier alpha value is -4.01. The maximum absolute atomic E-state index is 12.5. The van der Waals surface area contributed by atoms with Crippen molar-refractivity contribution in [2.24, 2.45) is 0 Å². The van der Waals surface area contributed by atoms with Crippen LogP contribution in [0.1, 0.15) is 33.3 Å². The van der Waals surface area contributed by atoms with Crippen molar-refractivity contribution in [3.05, 3.63) is 81.5 Å². The molecule has 0 radical (unpaired) electrons. The van der Waals surface area contributed by atoms with Crippen LogP contribution in [0.4, 0.5) is 5.69 Å². The predicted molar refractivity (Wildman–Crippen MR) is 102 cm³/mol. The average molecular weight is 395 g/mol. The van der Waals surface area contributed by atoms with Gasteiger partial charge in [-0.25, -0.2) is 4.79 Å². The maximum Gasteiger partial charge on any atom is 0.338 e. The zero-order valence-electron chi connectivity index (χ0n) is 15.5. The molecule has 3 aromatic rings. The van der Waals surface area contributed by atoms with Gasteiger partial charge in [0.25, 0.3) is 11.6 Å². The molecule has 1 amide bonds. The second-order valence-electron chi connectivity index (χ2n) is 5.98. The second kappa shape index (κ2) is 8.79. The molecule has 0 aliphatic heterocycles. The molecule has 0 spiro atoms. The van der Waals surface area contributed by atoms with E-state index < -0.39 is 16.8 Å². The number of carbonyl (C=O) groups is 2. The highest BCUT2D eigenvalue weighted by Crippen LogP contribution is 2.20. The number of amides is 1. The highest BCUT2D eigenvalue weighted by Gasteiger charge is 2.19. The zero-order valence-corrected chi connectivity index (χ0v) is 15.5. The van der Waals surface area contributed by atoms with Crippen molar-refractivity contribution in [2.45, 2.75) is 13.5 Å². The van der Waals surface area contributed by atoms with Crippen LogP contribution in [0.3, 0.4) is 0 Å². The number of hydrogen-bond donors (Lipinski definition) is 1. The third-order valence-electron chi connectivity index (χ3n) is 3.95. The van der Waals surface area contributed by atoms with Gasteiger partial charge in [0.2, 0.25) is 0 Å². The number of ether oxygens (including phenoxy) is 1. The topological polar surface area (TPSA) is 125 Å². The fraction of sp³-hybridized carbons (Fsp3) is 0.150. The fourth-order valence-electron chi connectivity index (χ4n) is 2.59. The van der Waals surface area contributed by atoms with Crippen LogP contribution in [-0.2, 0) is 11.3 Å². The van der Waals surface area contributed by atoms with E-state index in [0.717, 1.165) is 17.7 Å². The summed E-state index contributed by atoms with van der Waals surface area (Å²) in [4.78, 5) is 34.8. The summed E-state index contributed by atoms with van der Waals surface area (Å²) in [5.41, 5.74) is 0.838. The Morgan fingerprint density at radius 1 is 1.14 bits per heavy atom. The van der Waals surface area contributed by atoms with Gasteiger partial charge in [-0.1, -0.05) is 35.5 Å². The van der Waals surface area contributed by atoms with Crippen LogP contribution < -0.4 is 5.32 Å². The molecule has 2 aromatic carbocycles. The number of aromatic nitrogens is 1. The lowest BCUT2D eigenvalue weighted by molar-refractivity contribution is -0.384. The second-order valence-corrected chi connectivity index (χ2v) is 5.98. The van der Waals surface area contributed by atoms with Crippen molar-refractivity contribution in [3.8, 4) is 11.3 Å². The Kier molecular flexibility index (Phi) is 5.98. The Morgan fingerprint density at radius 2 is 1.86 bits per heavy atom. The molecule has 0 saturated carbocycles. The summed E-state index contributed by atoms with van der Waals surface area (Å²) < 4.78 is 10.1. The van der Waals surface area contributed by atoms with Gasteiger partial charge in [0, 0.05) is 29.3 Å². The molecule has 1 aromatic heterocycles. The molecule has 0 atom stereocenters. The van der Waals surface area contributed by atoms with Gasteiger partial charge in [0.1, 0.15) is 5.69 Å². The Labute approximate surface area is 165 Å². The van der Waals surface area contributed by atoms with Gasteiger partial charge in [-0.05, 0) is 13.0 Å². The number of non-ortho nitro benzene ring substituents is 1. The molecule has 0 bridgehead atoms. The van der Waals surface area contributed by atoms with Crippen LogP contribution in [0, 0.1) is 10.1 Å². The minimum atomic E-state index is -0.741. The van der Waals surface area contributed by atoms with Crippen LogP contribution in [0.25, 0.3) is 11.3 Å². The number of nitro groups is 1. The number of rotatable bonds is 7. The van der Waals surface area contributed by atoms with Crippen molar-refractivity contribution >= 4 is 17.6 Å². The van der Waals surface area contributed by atoms with Crippen LogP contribution in [-0.4, -0.2) is 28.6 Å². The third kappa shape index (κ3) is 4.83. The van der Waals surface area contributed by atoms with E-state index in [0.29, 0.717) is 11.5 Å². The summed E-state index contributed by atoms with van der Waals surface area (Å²) in [6.07, 6.45) is 0. The van der Waals surface area contributed by atoms with E-state index in [4.69, 9.17) is 9.26 Å². The van der Waals surface area contributed by atoms with Crippen molar-refractivity contribution in [1.82, 2.24) is 10.5 Å². The third-order valence-corrected chi connectivity index (χ3v) is 3.95. The van der Waals surface area contributed by atoms with E-state index in [1.807, 2.05) is 30.3 Å². The van der Waals surface area contributed by atoms with Gasteiger partial charge in [0.15, 0.2) is 5.76 Å². The van der Waals surface area contributed by atoms with Gasteiger partial charge in [-0.15, -0.1) is 0 Å². The SMILES string of the molecule is CCOC(=O)c1cc(C(=O)NCc2cc(-c3ccccc3)on2)cc([N+](=O)[O-])c1. The highest BCUT2D eigenvalue weighted by molar-refractivity contribution is 5.99. The standard InChI is InChI=1S/C20H17N3O6/c1-2-28-20(25)15-8-14(9-17(10-15)23(26)27)19(24)21-12-16-11-18(29-22-16)13-6-4-3-5-7-13/h3-11H,2,12H2,1H3,(H,21,24). The van der Waals surface area contributed by atoms with Gasteiger partial charge in [-0.3, -0.25) is 14.9 Å². The molecule has 1 heterocycles. The lowest BCUT2D eigenvalue weighted by atomic mass is 10.1. The van der Waals surface area contributed by atoms with Crippen LogP contribution in [0.5, 0.6) is 0 Å². The lowest BCUT2D eigenvalue weighted by Gasteiger charge is -2.06. The van der Waals surface area contributed by atoms with E-state index >= 15 is 0 Å². The van der Waals surface area contributed by atoms with Crippen molar-refractivity contribution < 1.29 is 23.8 Å². The first-order valence-electron chi connectivity index (χ1n) is 8.73. The Bertz CT molecular complexity index is 1050. The van der Waals surface area contributed by atoms with E-state index in [2.05, 4.69) is 10.5 Å². The van der Waals surface area contributed by atoms with Crippen molar-refractivity contribution in [1.29, 1.82) is 0 Å². The highest BCUT2D eigenvalue weighted by atomic mass is 16.6. The molecular weight excluding hydrogens is 378 g/mol. The number of hydrogen-bond acceptors (Lipinski definition) is 7. The van der Waals surface area contributed by atoms with E-state index in [9.17, 15) is 19.7 Å². The predicted octanol–water partition coefficient (Wildman–Crippen LogP) is 3.36. The Morgan fingerprint density at radius 3 is 2.55 bits per heavy atom. The summed E-state index contributed by atoms with van der Waals surface area (Å²) in [5, 5.41) is 17.6. The molecular formula is C20H17N3O6. The lowest BCUT2D eigenvalue weighted by Crippen LogP contribution is -2.23. The van der Waals surface area contributed by atoms with Gasteiger partial charge >= 0.3 is 5.97 Å². The molecule has 3 rings (SSSR count). The molecule has 0 aliphatic rings. The first-order valence-corrected chi connectivity index (χ1v) is 8.73.